The lowest BCUT2D eigenvalue weighted by Crippen LogP contribution is -2.63. The fraction of sp³-hybridized carbons (Fsp3) is 0.667. The third-order valence-electron chi connectivity index (χ3n) is 7.46. The molecule has 3 rings (SSSR count). The Morgan fingerprint density at radius 1 is 0.897 bits per heavy atom. The number of hydrogen-bond acceptors (Lipinski definition) is 6. The average Bonchev–Trinajstić information content (AvgIpc) is 3.30. The van der Waals surface area contributed by atoms with Crippen LogP contribution in [0.4, 0.5) is 10.5 Å². The number of nitrogens with zero attached hydrogens (tertiary/aromatic N) is 3. The number of amides is 4. The van der Waals surface area contributed by atoms with Crippen LogP contribution in [0, 0.1) is 0 Å². The summed E-state index contributed by atoms with van der Waals surface area (Å²) in [5.41, 5.74) is 0.745. The summed E-state index contributed by atoms with van der Waals surface area (Å²) in [5.74, 6) is -0.266. The van der Waals surface area contributed by atoms with Gasteiger partial charge in [0.15, 0.2) is 17.4 Å². The molecule has 0 bridgehead atoms. The summed E-state index contributed by atoms with van der Waals surface area (Å²) in [6.07, 6.45) is 17.5. The second-order valence-corrected chi connectivity index (χ2v) is 11.6. The predicted octanol–water partition coefficient (Wildman–Crippen LogP) is 6.39. The SMILES string of the molecule is CCCCCCCCCCCCCCCCN1C(SCC(=O)Nc2ccccc2)=NC2C1C(=O)NC(=O)N2C. The van der Waals surface area contributed by atoms with Crippen LogP contribution in [0.3, 0.4) is 0 Å². The maximum atomic E-state index is 12.8. The van der Waals surface area contributed by atoms with E-state index in [2.05, 4.69) is 17.6 Å². The second-order valence-electron chi connectivity index (χ2n) is 10.7. The van der Waals surface area contributed by atoms with Crippen molar-refractivity contribution in [3.8, 4) is 0 Å². The van der Waals surface area contributed by atoms with E-state index in [9.17, 15) is 14.4 Å². The number of amidine groups is 1. The number of para-hydroxylation sites is 1. The van der Waals surface area contributed by atoms with Crippen LogP contribution in [0.2, 0.25) is 0 Å². The molecule has 1 aromatic rings. The minimum atomic E-state index is -0.558. The lowest BCUT2D eigenvalue weighted by atomic mass is 10.0. The molecule has 216 valence electrons. The quantitative estimate of drug-likeness (QED) is 0.204. The number of urea groups is 1. The summed E-state index contributed by atoms with van der Waals surface area (Å²) in [7, 11) is 1.66. The number of carbonyl (C=O) groups excluding carboxylic acids is 3. The lowest BCUT2D eigenvalue weighted by Gasteiger charge is -2.36. The number of hydrogen-bond donors (Lipinski definition) is 2. The molecule has 2 N–H and O–H groups in total. The number of anilines is 1. The van der Waals surface area contributed by atoms with Gasteiger partial charge in [0.25, 0.3) is 5.91 Å². The van der Waals surface area contributed by atoms with Gasteiger partial charge >= 0.3 is 6.03 Å². The zero-order chi connectivity index (χ0) is 27.9. The van der Waals surface area contributed by atoms with Gasteiger partial charge in [0.05, 0.1) is 5.75 Å². The number of fused-ring (bicyclic) bond motifs is 1. The topological polar surface area (TPSA) is 94.1 Å². The molecule has 0 aliphatic carbocycles. The molecule has 0 aromatic heterocycles. The number of carbonyl (C=O) groups is 3. The second kappa shape index (κ2) is 17.2. The van der Waals surface area contributed by atoms with Gasteiger partial charge in [0, 0.05) is 19.3 Å². The van der Waals surface area contributed by atoms with E-state index in [1.807, 2.05) is 35.2 Å². The highest BCUT2D eigenvalue weighted by molar-refractivity contribution is 8.14. The third kappa shape index (κ3) is 10.2. The molecular formula is C30H47N5O3S. The molecule has 2 aliphatic rings. The van der Waals surface area contributed by atoms with E-state index >= 15 is 0 Å². The Bertz CT molecular complexity index is 942. The van der Waals surface area contributed by atoms with Crippen LogP contribution in [-0.4, -0.2) is 64.4 Å². The van der Waals surface area contributed by atoms with Crippen LogP contribution < -0.4 is 10.6 Å². The molecule has 1 fully saturated rings. The highest BCUT2D eigenvalue weighted by Crippen LogP contribution is 2.29. The number of unbranched alkanes of at least 4 members (excludes halogenated alkanes) is 13. The molecule has 9 heteroatoms. The molecule has 2 atom stereocenters. The Kier molecular flexibility index (Phi) is 13.7. The minimum absolute atomic E-state index is 0.130. The van der Waals surface area contributed by atoms with Gasteiger partial charge in [-0.3, -0.25) is 14.9 Å². The summed E-state index contributed by atoms with van der Waals surface area (Å²) >= 11 is 1.32. The van der Waals surface area contributed by atoms with Crippen molar-refractivity contribution < 1.29 is 14.4 Å². The summed E-state index contributed by atoms with van der Waals surface area (Å²) in [4.78, 5) is 45.6. The number of benzene rings is 1. The van der Waals surface area contributed by atoms with Crippen LogP contribution in [0.1, 0.15) is 96.8 Å². The van der Waals surface area contributed by atoms with Crippen molar-refractivity contribution in [2.75, 3.05) is 24.7 Å². The van der Waals surface area contributed by atoms with E-state index in [-0.39, 0.29) is 17.6 Å². The van der Waals surface area contributed by atoms with E-state index in [0.717, 1.165) is 18.5 Å². The van der Waals surface area contributed by atoms with Gasteiger partial charge in [0.1, 0.15) is 0 Å². The Morgan fingerprint density at radius 3 is 2.05 bits per heavy atom. The Hall–Kier alpha value is -2.55. The van der Waals surface area contributed by atoms with E-state index in [4.69, 9.17) is 4.99 Å². The molecule has 4 amide bonds. The summed E-state index contributed by atoms with van der Waals surface area (Å²) < 4.78 is 0. The first-order valence-corrected chi connectivity index (χ1v) is 15.9. The maximum Gasteiger partial charge on any atom is 0.325 e. The molecule has 2 heterocycles. The van der Waals surface area contributed by atoms with Crippen molar-refractivity contribution >= 4 is 40.5 Å². The van der Waals surface area contributed by atoms with Gasteiger partial charge in [-0.25, -0.2) is 9.79 Å². The minimum Gasteiger partial charge on any atom is -0.336 e. The molecule has 0 saturated carbocycles. The van der Waals surface area contributed by atoms with Crippen LogP contribution in [-0.2, 0) is 9.59 Å². The molecule has 39 heavy (non-hydrogen) atoms. The first kappa shape index (κ1) is 31.0. The molecule has 0 radical (unpaired) electrons. The standard InChI is InChI=1S/C30H47N5O3S/c1-3-4-5-6-7-8-9-10-11-12-13-14-15-19-22-35-26-27(34(2)29(38)33-28(26)37)32-30(35)39-23-25(36)31-24-20-17-16-18-21-24/h16-18,20-21,26-27H,3-15,19,22-23H2,1-2H3,(H,31,36)(H,33,37,38). The summed E-state index contributed by atoms with van der Waals surface area (Å²) in [5, 5.41) is 5.99. The van der Waals surface area contributed by atoms with Crippen LogP contribution in [0.25, 0.3) is 0 Å². The lowest BCUT2D eigenvalue weighted by molar-refractivity contribution is -0.127. The number of likely N-dealkylation sites (N-methyl/N-ethyl adjacent to an activating group) is 1. The Balaban J connectivity index is 1.38. The Labute approximate surface area is 238 Å². The zero-order valence-electron chi connectivity index (χ0n) is 23.8. The van der Waals surface area contributed by atoms with Crippen molar-refractivity contribution in [2.45, 2.75) is 109 Å². The van der Waals surface area contributed by atoms with Crippen molar-refractivity contribution in [3.63, 3.8) is 0 Å². The van der Waals surface area contributed by atoms with Gasteiger partial charge in [-0.15, -0.1) is 0 Å². The van der Waals surface area contributed by atoms with Crippen molar-refractivity contribution in [2.24, 2.45) is 4.99 Å². The molecule has 1 saturated heterocycles. The van der Waals surface area contributed by atoms with Gasteiger partial charge in [-0.05, 0) is 18.6 Å². The van der Waals surface area contributed by atoms with Crippen LogP contribution >= 0.6 is 11.8 Å². The molecule has 2 aliphatic heterocycles. The predicted molar refractivity (Wildman–Crippen MR) is 161 cm³/mol. The van der Waals surface area contributed by atoms with Crippen molar-refractivity contribution in [1.82, 2.24) is 15.1 Å². The first-order chi connectivity index (χ1) is 19.0. The molecular weight excluding hydrogens is 510 g/mol. The highest BCUT2D eigenvalue weighted by atomic mass is 32.2. The highest BCUT2D eigenvalue weighted by Gasteiger charge is 2.48. The fourth-order valence-electron chi connectivity index (χ4n) is 5.18. The largest absolute Gasteiger partial charge is 0.336 e. The number of nitrogens with one attached hydrogen (secondary N) is 2. The van der Waals surface area contributed by atoms with E-state index in [1.54, 1.807) is 7.05 Å². The van der Waals surface area contributed by atoms with Gasteiger partial charge < -0.3 is 15.1 Å². The molecule has 0 spiro atoms. The summed E-state index contributed by atoms with van der Waals surface area (Å²) in [6, 6.07) is 8.35. The Morgan fingerprint density at radius 2 is 1.46 bits per heavy atom. The monoisotopic (exact) mass is 557 g/mol. The number of thioether (sulfide) groups is 1. The zero-order valence-corrected chi connectivity index (χ0v) is 24.6. The van der Waals surface area contributed by atoms with E-state index in [0.29, 0.717) is 11.7 Å². The normalized spacial score (nSPS) is 18.7. The maximum absolute atomic E-state index is 12.8. The third-order valence-corrected chi connectivity index (χ3v) is 8.47. The molecule has 1 aromatic carbocycles. The van der Waals surface area contributed by atoms with E-state index < -0.39 is 18.2 Å². The molecule has 8 nitrogen and oxygen atoms in total. The molecule has 2 unspecified atom stereocenters. The summed E-state index contributed by atoms with van der Waals surface area (Å²) in [6.45, 7) is 2.95. The van der Waals surface area contributed by atoms with Crippen LogP contribution in [0.5, 0.6) is 0 Å². The smallest absolute Gasteiger partial charge is 0.325 e. The average molecular weight is 558 g/mol. The van der Waals surface area contributed by atoms with E-state index in [1.165, 1.54) is 93.7 Å². The first-order valence-electron chi connectivity index (χ1n) is 14.9. The van der Waals surface area contributed by atoms with Gasteiger partial charge in [0.2, 0.25) is 5.91 Å². The number of imide groups is 1. The van der Waals surface area contributed by atoms with Crippen LogP contribution in [0.15, 0.2) is 35.3 Å². The van der Waals surface area contributed by atoms with Gasteiger partial charge in [-0.2, -0.15) is 0 Å². The number of aliphatic imine (C=N–C) groups is 1. The van der Waals surface area contributed by atoms with Crippen molar-refractivity contribution in [1.29, 1.82) is 0 Å². The van der Waals surface area contributed by atoms with Gasteiger partial charge in [-0.1, -0.05) is 120 Å². The van der Waals surface area contributed by atoms with Crippen molar-refractivity contribution in [3.05, 3.63) is 30.3 Å². The number of rotatable bonds is 18. The fourth-order valence-corrected chi connectivity index (χ4v) is 6.07.